The Kier molecular flexibility index (Phi) is 4.66. The van der Waals surface area contributed by atoms with Crippen molar-refractivity contribution in [2.24, 2.45) is 5.92 Å². The van der Waals surface area contributed by atoms with E-state index in [0.29, 0.717) is 23.7 Å². The molecule has 0 radical (unpaired) electrons. The van der Waals surface area contributed by atoms with Gasteiger partial charge in [0.2, 0.25) is 0 Å². The molecule has 122 valence electrons. The third kappa shape index (κ3) is 3.73. The molecular weight excluding hydrogens is 301 g/mol. The van der Waals surface area contributed by atoms with Crippen LogP contribution in [-0.2, 0) is 16.1 Å². The van der Waals surface area contributed by atoms with Gasteiger partial charge in [-0.25, -0.2) is 9.18 Å². The summed E-state index contributed by atoms with van der Waals surface area (Å²) in [7, 11) is 0. The second kappa shape index (κ2) is 6.87. The normalized spacial score (nSPS) is 14.0. The van der Waals surface area contributed by atoms with E-state index in [1.165, 1.54) is 18.9 Å². The Morgan fingerprint density at radius 3 is 2.91 bits per heavy atom. The monoisotopic (exact) mass is 319 g/mol. The van der Waals surface area contributed by atoms with Crippen molar-refractivity contribution in [1.82, 2.24) is 15.4 Å². The lowest BCUT2D eigenvalue weighted by atomic mass is 10.1. The first kappa shape index (κ1) is 15.6. The van der Waals surface area contributed by atoms with Gasteiger partial charge in [0.1, 0.15) is 11.5 Å². The van der Waals surface area contributed by atoms with Crippen molar-refractivity contribution in [3.05, 3.63) is 35.3 Å². The van der Waals surface area contributed by atoms with E-state index < -0.39 is 11.8 Å². The Bertz CT molecular complexity index is 698. The summed E-state index contributed by atoms with van der Waals surface area (Å²) >= 11 is 0. The molecule has 1 saturated carbocycles. The minimum absolute atomic E-state index is 0.0454. The van der Waals surface area contributed by atoms with Crippen LogP contribution in [-0.4, -0.2) is 34.6 Å². The molecule has 0 aliphatic heterocycles. The zero-order valence-electron chi connectivity index (χ0n) is 12.8. The summed E-state index contributed by atoms with van der Waals surface area (Å²) in [6.07, 6.45) is 2.40. The van der Waals surface area contributed by atoms with Crippen molar-refractivity contribution >= 4 is 5.97 Å². The number of nitrogens with one attached hydrogen (secondary N) is 1. The highest BCUT2D eigenvalue weighted by Crippen LogP contribution is 2.29. The zero-order chi connectivity index (χ0) is 16.2. The van der Waals surface area contributed by atoms with Crippen LogP contribution in [0.5, 0.6) is 0 Å². The molecule has 3 rings (SSSR count). The molecule has 0 bridgehead atoms. The number of ether oxygens (including phenoxy) is 2. The number of carbonyl (C=O) groups is 1. The number of aromatic amines is 1. The summed E-state index contributed by atoms with van der Waals surface area (Å²) in [5.41, 5.74) is 1.26. The Hall–Kier alpha value is -2.28. The molecular formula is C16H18FN3O3. The minimum Gasteiger partial charge on any atom is -0.461 e. The van der Waals surface area contributed by atoms with Crippen molar-refractivity contribution in [1.29, 1.82) is 0 Å². The summed E-state index contributed by atoms with van der Waals surface area (Å²) < 4.78 is 24.6. The number of aromatic nitrogens is 3. The van der Waals surface area contributed by atoms with Gasteiger partial charge in [-0.15, -0.1) is 5.10 Å². The molecule has 6 nitrogen and oxygen atoms in total. The molecule has 7 heteroatoms. The van der Waals surface area contributed by atoms with Crippen LogP contribution in [0.2, 0.25) is 0 Å². The maximum atomic E-state index is 14.2. The predicted octanol–water partition coefficient (Wildman–Crippen LogP) is 2.71. The fourth-order valence-electron chi connectivity index (χ4n) is 2.21. The van der Waals surface area contributed by atoms with E-state index in [2.05, 4.69) is 15.4 Å². The number of H-pyrrole nitrogens is 1. The van der Waals surface area contributed by atoms with Gasteiger partial charge in [0.25, 0.3) is 0 Å². The fourth-order valence-corrected chi connectivity index (χ4v) is 2.21. The molecule has 0 amide bonds. The Morgan fingerprint density at radius 2 is 2.22 bits per heavy atom. The van der Waals surface area contributed by atoms with Gasteiger partial charge in [-0.1, -0.05) is 12.1 Å². The van der Waals surface area contributed by atoms with E-state index in [1.54, 1.807) is 19.1 Å². The predicted molar refractivity (Wildman–Crippen MR) is 80.1 cm³/mol. The van der Waals surface area contributed by atoms with Crippen LogP contribution in [0.25, 0.3) is 11.3 Å². The number of hydrogen-bond acceptors (Lipinski definition) is 5. The Morgan fingerprint density at radius 1 is 1.39 bits per heavy atom. The van der Waals surface area contributed by atoms with E-state index in [0.717, 1.165) is 0 Å². The van der Waals surface area contributed by atoms with Crippen molar-refractivity contribution < 1.29 is 18.7 Å². The molecule has 23 heavy (non-hydrogen) atoms. The molecule has 0 atom stereocenters. The van der Waals surface area contributed by atoms with Crippen LogP contribution in [0.1, 0.15) is 35.8 Å². The van der Waals surface area contributed by atoms with Gasteiger partial charge in [-0.3, -0.25) is 0 Å². The molecule has 1 aromatic carbocycles. The number of nitrogens with zero attached hydrogens (tertiary/aromatic N) is 2. The molecule has 0 saturated heterocycles. The highest BCUT2D eigenvalue weighted by molar-refractivity contribution is 5.93. The first-order valence-corrected chi connectivity index (χ1v) is 7.63. The molecule has 2 aromatic rings. The van der Waals surface area contributed by atoms with Gasteiger partial charge < -0.3 is 9.47 Å². The summed E-state index contributed by atoms with van der Waals surface area (Å²) in [5.74, 6) is -0.343. The molecule has 1 heterocycles. The largest absolute Gasteiger partial charge is 0.461 e. The maximum absolute atomic E-state index is 14.2. The molecule has 1 fully saturated rings. The molecule has 1 aliphatic carbocycles. The summed E-state index contributed by atoms with van der Waals surface area (Å²) in [6.45, 7) is 2.86. The van der Waals surface area contributed by atoms with Gasteiger partial charge in [0, 0.05) is 17.7 Å². The molecule has 1 aliphatic rings. The number of hydrogen-bond donors (Lipinski definition) is 1. The van der Waals surface area contributed by atoms with Crippen molar-refractivity contribution in [2.75, 3.05) is 13.2 Å². The van der Waals surface area contributed by atoms with Crippen molar-refractivity contribution in [3.8, 4) is 11.3 Å². The van der Waals surface area contributed by atoms with Crippen molar-refractivity contribution in [3.63, 3.8) is 0 Å². The number of benzene rings is 1. The lowest BCUT2D eigenvalue weighted by molar-refractivity contribution is 0.0520. The van der Waals surface area contributed by atoms with Crippen molar-refractivity contribution in [2.45, 2.75) is 26.4 Å². The highest BCUT2D eigenvalue weighted by Gasteiger charge is 2.22. The SMILES string of the molecule is CCOC(=O)c1n[nH]nc1-c1ccc(COCC2CC2)c(F)c1. The molecule has 1 aromatic heterocycles. The number of halogens is 1. The average molecular weight is 319 g/mol. The lowest BCUT2D eigenvalue weighted by Gasteiger charge is -2.07. The van der Waals surface area contributed by atoms with E-state index in [1.807, 2.05) is 0 Å². The standard InChI is InChI=1S/C16H18FN3O3/c1-2-23-16(21)15-14(18-20-19-15)11-5-6-12(13(17)7-11)9-22-8-10-3-4-10/h5-7,10H,2-4,8-9H2,1H3,(H,18,19,20). The topological polar surface area (TPSA) is 77.1 Å². The van der Waals surface area contributed by atoms with E-state index in [9.17, 15) is 9.18 Å². The van der Waals surface area contributed by atoms with Gasteiger partial charge >= 0.3 is 5.97 Å². The van der Waals surface area contributed by atoms with Crippen LogP contribution >= 0.6 is 0 Å². The zero-order valence-corrected chi connectivity index (χ0v) is 12.8. The Labute approximate surface area is 133 Å². The van der Waals surface area contributed by atoms with Crippen LogP contribution in [0, 0.1) is 11.7 Å². The number of carbonyl (C=O) groups excluding carboxylic acids is 1. The third-order valence-electron chi connectivity index (χ3n) is 3.65. The van der Waals surface area contributed by atoms with Crippen LogP contribution in [0.3, 0.4) is 0 Å². The highest BCUT2D eigenvalue weighted by atomic mass is 19.1. The molecule has 0 unspecified atom stereocenters. The number of rotatable bonds is 7. The van der Waals surface area contributed by atoms with Gasteiger partial charge in [0.15, 0.2) is 5.69 Å². The summed E-state index contributed by atoms with van der Waals surface area (Å²) in [4.78, 5) is 11.8. The van der Waals surface area contributed by atoms with Crippen LogP contribution in [0.15, 0.2) is 18.2 Å². The van der Waals surface area contributed by atoms with Gasteiger partial charge in [-0.05, 0) is 31.7 Å². The molecule has 0 spiro atoms. The summed E-state index contributed by atoms with van der Waals surface area (Å²) in [5, 5.41) is 10.1. The second-order valence-electron chi connectivity index (χ2n) is 5.51. The third-order valence-corrected chi connectivity index (χ3v) is 3.65. The Balaban J connectivity index is 1.74. The van der Waals surface area contributed by atoms with Gasteiger partial charge in [-0.2, -0.15) is 10.3 Å². The van der Waals surface area contributed by atoms with E-state index >= 15 is 0 Å². The first-order valence-electron chi connectivity index (χ1n) is 7.63. The second-order valence-corrected chi connectivity index (χ2v) is 5.51. The van der Waals surface area contributed by atoms with E-state index in [4.69, 9.17) is 9.47 Å². The number of esters is 1. The van der Waals surface area contributed by atoms with Crippen LogP contribution < -0.4 is 0 Å². The van der Waals surface area contributed by atoms with E-state index in [-0.39, 0.29) is 24.6 Å². The van der Waals surface area contributed by atoms with Gasteiger partial charge in [0.05, 0.1) is 13.2 Å². The fraction of sp³-hybridized carbons (Fsp3) is 0.438. The maximum Gasteiger partial charge on any atom is 0.361 e. The smallest absolute Gasteiger partial charge is 0.361 e. The quantitative estimate of drug-likeness (QED) is 0.794. The summed E-state index contributed by atoms with van der Waals surface area (Å²) in [6, 6.07) is 4.66. The lowest BCUT2D eigenvalue weighted by Crippen LogP contribution is -2.07. The average Bonchev–Trinajstić information content (AvgIpc) is 3.22. The molecule has 1 N–H and O–H groups in total. The first-order chi connectivity index (χ1) is 11.2. The minimum atomic E-state index is -0.589. The van der Waals surface area contributed by atoms with Crippen LogP contribution in [0.4, 0.5) is 4.39 Å².